The van der Waals surface area contributed by atoms with Crippen molar-refractivity contribution in [1.29, 1.82) is 0 Å². The number of benzene rings is 1. The van der Waals surface area contributed by atoms with Crippen LogP contribution in [-0.2, 0) is 21.2 Å². The van der Waals surface area contributed by atoms with Gasteiger partial charge in [0.05, 0.1) is 16.5 Å². The Morgan fingerprint density at radius 1 is 1.48 bits per heavy atom. The molecule has 21 heavy (non-hydrogen) atoms. The smallest absolute Gasteiger partial charge is 0.240 e. The minimum Gasteiger partial charge on any atom is -0.311 e. The zero-order valence-electron chi connectivity index (χ0n) is 11.9. The molecule has 3 rings (SSSR count). The second kappa shape index (κ2) is 4.96. The Morgan fingerprint density at radius 3 is 2.95 bits per heavy atom. The average molecular weight is 306 g/mol. The summed E-state index contributed by atoms with van der Waals surface area (Å²) in [4.78, 5) is 14.3. The van der Waals surface area contributed by atoms with Crippen LogP contribution in [0.4, 0.5) is 5.69 Å². The molecule has 1 amide bonds. The second-order valence-corrected chi connectivity index (χ2v) is 7.24. The summed E-state index contributed by atoms with van der Waals surface area (Å²) in [5, 5.41) is 0. The first kappa shape index (κ1) is 14.3. The number of carbonyl (C=O) groups is 1. The van der Waals surface area contributed by atoms with Gasteiger partial charge in [-0.05, 0) is 43.0 Å². The topological polar surface area (TPSA) is 66.5 Å². The maximum atomic E-state index is 12.3. The van der Waals surface area contributed by atoms with Crippen molar-refractivity contribution in [2.24, 2.45) is 0 Å². The molecular weight excluding hydrogens is 288 g/mol. The van der Waals surface area contributed by atoms with Crippen LogP contribution < -0.4 is 9.62 Å². The van der Waals surface area contributed by atoms with Crippen LogP contribution in [0, 0.1) is 0 Å². The van der Waals surface area contributed by atoms with E-state index < -0.39 is 10.0 Å². The summed E-state index contributed by atoms with van der Waals surface area (Å²) in [5.41, 5.74) is 2.72. The third-order valence-corrected chi connectivity index (χ3v) is 5.52. The number of carbonyl (C=O) groups excluding carboxylic acids is 1. The highest BCUT2D eigenvalue weighted by molar-refractivity contribution is 7.89. The Hall–Kier alpha value is -1.66. The van der Waals surface area contributed by atoms with Gasteiger partial charge in [-0.2, -0.15) is 0 Å². The maximum Gasteiger partial charge on any atom is 0.240 e. The van der Waals surface area contributed by atoms with Gasteiger partial charge in [-0.15, -0.1) is 6.58 Å². The lowest BCUT2D eigenvalue weighted by Gasteiger charge is -2.25. The van der Waals surface area contributed by atoms with Gasteiger partial charge < -0.3 is 4.90 Å². The molecule has 1 atom stereocenters. The summed E-state index contributed by atoms with van der Waals surface area (Å²) in [5.74, 6) is -0.203. The number of hydrogen-bond acceptors (Lipinski definition) is 3. The van der Waals surface area contributed by atoms with Gasteiger partial charge in [0.15, 0.2) is 0 Å². The van der Waals surface area contributed by atoms with E-state index in [-0.39, 0.29) is 23.3 Å². The van der Waals surface area contributed by atoms with Crippen LogP contribution in [0.5, 0.6) is 0 Å². The lowest BCUT2D eigenvalue weighted by atomic mass is 9.97. The van der Waals surface area contributed by atoms with E-state index in [4.69, 9.17) is 0 Å². The molecule has 2 aliphatic rings. The highest BCUT2D eigenvalue weighted by Gasteiger charge is 2.38. The van der Waals surface area contributed by atoms with E-state index >= 15 is 0 Å². The van der Waals surface area contributed by atoms with Crippen molar-refractivity contribution in [1.82, 2.24) is 4.72 Å². The summed E-state index contributed by atoms with van der Waals surface area (Å²) in [6.45, 7) is 6.26. The van der Waals surface area contributed by atoms with E-state index in [0.29, 0.717) is 0 Å². The predicted octanol–water partition coefficient (Wildman–Crippen LogP) is 1.55. The average Bonchev–Trinajstić information content (AvgIpc) is 2.72. The summed E-state index contributed by atoms with van der Waals surface area (Å²) < 4.78 is 27.1. The van der Waals surface area contributed by atoms with E-state index in [2.05, 4.69) is 11.3 Å². The van der Waals surface area contributed by atoms with E-state index in [9.17, 15) is 13.2 Å². The molecule has 0 aliphatic carbocycles. The number of nitrogens with zero attached hydrogens (tertiary/aromatic N) is 1. The number of sulfonamides is 1. The second-order valence-electron chi connectivity index (χ2n) is 5.48. The fourth-order valence-electron chi connectivity index (χ4n) is 3.07. The molecule has 1 aromatic carbocycles. The molecule has 1 N–H and O–H groups in total. The van der Waals surface area contributed by atoms with Crippen molar-refractivity contribution in [3.63, 3.8) is 0 Å². The van der Waals surface area contributed by atoms with Crippen LogP contribution in [-0.4, -0.2) is 27.4 Å². The van der Waals surface area contributed by atoms with E-state index in [0.717, 1.165) is 36.2 Å². The van der Waals surface area contributed by atoms with E-state index in [1.165, 1.54) is 6.08 Å². The van der Waals surface area contributed by atoms with Gasteiger partial charge in [0, 0.05) is 13.1 Å². The zero-order valence-corrected chi connectivity index (χ0v) is 12.7. The Kier molecular flexibility index (Phi) is 3.37. The highest BCUT2D eigenvalue weighted by Crippen LogP contribution is 2.43. The molecule has 2 aliphatic heterocycles. The van der Waals surface area contributed by atoms with Crippen LogP contribution in [0.2, 0.25) is 0 Å². The first-order valence-electron chi connectivity index (χ1n) is 7.04. The first-order valence-corrected chi connectivity index (χ1v) is 8.53. The minimum atomic E-state index is -3.56. The van der Waals surface area contributed by atoms with Gasteiger partial charge in [-0.25, -0.2) is 13.1 Å². The van der Waals surface area contributed by atoms with Gasteiger partial charge in [0.1, 0.15) is 0 Å². The molecule has 0 radical (unpaired) electrons. The van der Waals surface area contributed by atoms with Gasteiger partial charge in [0.25, 0.3) is 0 Å². The Morgan fingerprint density at radius 2 is 2.24 bits per heavy atom. The Bertz CT molecular complexity index is 725. The van der Waals surface area contributed by atoms with Gasteiger partial charge >= 0.3 is 0 Å². The Labute approximate surface area is 124 Å². The minimum absolute atomic E-state index is 0.0690. The largest absolute Gasteiger partial charge is 0.311 e. The predicted molar refractivity (Wildman–Crippen MR) is 80.9 cm³/mol. The molecule has 0 unspecified atom stereocenters. The fourth-order valence-corrected chi connectivity index (χ4v) is 4.16. The number of anilines is 1. The highest BCUT2D eigenvalue weighted by atomic mass is 32.2. The molecule has 0 spiro atoms. The monoisotopic (exact) mass is 306 g/mol. The van der Waals surface area contributed by atoms with Crippen LogP contribution in [0.15, 0.2) is 29.7 Å². The van der Waals surface area contributed by atoms with Gasteiger partial charge in [0.2, 0.25) is 15.9 Å². The summed E-state index contributed by atoms with van der Waals surface area (Å²) in [6, 6.07) is 3.33. The number of hydrogen-bond donors (Lipinski definition) is 1. The van der Waals surface area contributed by atoms with Crippen LogP contribution in [0.1, 0.15) is 30.4 Å². The number of rotatable bonds is 4. The van der Waals surface area contributed by atoms with E-state index in [1.54, 1.807) is 17.0 Å². The standard InChI is InChI=1S/C15H18N2O3S/c1-3-6-16-21(19,20)12-8-11-5-4-7-17-14(11)13(9-12)10(2)15(17)18/h3,8-10,16H,1,4-7H2,2H3/t10-/m1/s1. The zero-order chi connectivity index (χ0) is 15.2. The fraction of sp³-hybridized carbons (Fsp3) is 0.400. The molecule has 1 aromatic rings. The summed E-state index contributed by atoms with van der Waals surface area (Å²) in [7, 11) is -3.56. The molecule has 0 bridgehead atoms. The van der Waals surface area contributed by atoms with Crippen molar-refractivity contribution in [2.45, 2.75) is 30.6 Å². The molecule has 5 nitrogen and oxygen atoms in total. The molecule has 6 heteroatoms. The lowest BCUT2D eigenvalue weighted by molar-refractivity contribution is -0.119. The Balaban J connectivity index is 2.12. The van der Waals surface area contributed by atoms with Crippen molar-refractivity contribution < 1.29 is 13.2 Å². The maximum absolute atomic E-state index is 12.3. The van der Waals surface area contributed by atoms with Crippen LogP contribution in [0.3, 0.4) is 0 Å². The van der Waals surface area contributed by atoms with Gasteiger partial charge in [-0.1, -0.05) is 6.08 Å². The molecule has 2 heterocycles. The molecule has 0 aromatic heterocycles. The number of amides is 1. The summed E-state index contributed by atoms with van der Waals surface area (Å²) >= 11 is 0. The normalized spacial score (nSPS) is 20.5. The van der Waals surface area contributed by atoms with Gasteiger partial charge in [-0.3, -0.25) is 4.79 Å². The lowest BCUT2D eigenvalue weighted by Crippen LogP contribution is -2.32. The number of nitrogens with one attached hydrogen (secondary N) is 1. The molecular formula is C15H18N2O3S. The van der Waals surface area contributed by atoms with Crippen molar-refractivity contribution in [3.8, 4) is 0 Å². The SMILES string of the molecule is C=CCNS(=O)(=O)c1cc2c3c(c1)[C@@H](C)C(=O)N3CCC2. The number of aryl methyl sites for hydroxylation is 1. The molecule has 0 fully saturated rings. The van der Waals surface area contributed by atoms with Crippen LogP contribution >= 0.6 is 0 Å². The molecule has 0 saturated heterocycles. The van der Waals surface area contributed by atoms with Crippen LogP contribution in [0.25, 0.3) is 0 Å². The third kappa shape index (κ3) is 2.18. The van der Waals surface area contributed by atoms with E-state index in [1.807, 2.05) is 6.92 Å². The third-order valence-electron chi connectivity index (χ3n) is 4.12. The first-order chi connectivity index (χ1) is 9.95. The van der Waals surface area contributed by atoms with Crippen molar-refractivity contribution >= 4 is 21.6 Å². The van der Waals surface area contributed by atoms with Crippen molar-refractivity contribution in [2.75, 3.05) is 18.0 Å². The molecule has 112 valence electrons. The van der Waals surface area contributed by atoms with Crippen molar-refractivity contribution in [3.05, 3.63) is 35.9 Å². The quantitative estimate of drug-likeness (QED) is 0.858. The summed E-state index contributed by atoms with van der Waals surface area (Å²) in [6.07, 6.45) is 3.18. The molecule has 0 saturated carbocycles.